The quantitative estimate of drug-likeness (QED) is 0.554. The molecule has 3 amide bonds. The molecule has 0 aliphatic rings. The lowest BCUT2D eigenvalue weighted by Crippen LogP contribution is -2.37. The zero-order valence-corrected chi connectivity index (χ0v) is 9.62. The number of urea groups is 1. The maximum absolute atomic E-state index is 11.6. The van der Waals surface area contributed by atoms with Gasteiger partial charge in [-0.25, -0.2) is 9.78 Å². The summed E-state index contributed by atoms with van der Waals surface area (Å²) in [6.45, 7) is 0.472. The molecule has 7 nitrogen and oxygen atoms in total. The summed E-state index contributed by atoms with van der Waals surface area (Å²) in [6.07, 6.45) is 1.30. The average molecular weight is 258 g/mol. The van der Waals surface area contributed by atoms with E-state index in [0.717, 1.165) is 0 Å². The van der Waals surface area contributed by atoms with Gasteiger partial charge >= 0.3 is 6.03 Å². The zero-order valence-electron chi connectivity index (χ0n) is 8.87. The van der Waals surface area contributed by atoms with Crippen molar-refractivity contribution in [1.82, 2.24) is 15.6 Å². The van der Waals surface area contributed by atoms with Crippen molar-refractivity contribution < 1.29 is 9.59 Å². The lowest BCUT2D eigenvalue weighted by atomic mass is 10.2. The average Bonchev–Trinajstić information content (AvgIpc) is 2.27. The number of hydrogen-bond donors (Lipinski definition) is 4. The number of halogens is 1. The fourth-order valence-electron chi connectivity index (χ4n) is 1.09. The van der Waals surface area contributed by atoms with Crippen molar-refractivity contribution in [2.75, 3.05) is 18.8 Å². The highest BCUT2D eigenvalue weighted by Crippen LogP contribution is 2.15. The molecule has 0 saturated carbocycles. The molecule has 0 bridgehead atoms. The largest absolute Gasteiger partial charge is 0.384 e. The highest BCUT2D eigenvalue weighted by Gasteiger charge is 2.10. The molecule has 0 radical (unpaired) electrons. The van der Waals surface area contributed by atoms with E-state index in [9.17, 15) is 9.59 Å². The summed E-state index contributed by atoms with van der Waals surface area (Å²) >= 11 is 5.79. The first-order valence-electron chi connectivity index (χ1n) is 4.73. The van der Waals surface area contributed by atoms with Crippen molar-refractivity contribution >= 4 is 29.4 Å². The molecular weight excluding hydrogens is 246 g/mol. The van der Waals surface area contributed by atoms with Crippen LogP contribution in [0.2, 0.25) is 5.02 Å². The first-order valence-corrected chi connectivity index (χ1v) is 5.11. The molecule has 0 fully saturated rings. The number of amides is 3. The van der Waals surface area contributed by atoms with Crippen LogP contribution in [-0.2, 0) is 0 Å². The van der Waals surface area contributed by atoms with Crippen LogP contribution in [0, 0.1) is 0 Å². The molecule has 1 aromatic heterocycles. The molecule has 0 aliphatic carbocycles. The Morgan fingerprint density at radius 1 is 1.35 bits per heavy atom. The van der Waals surface area contributed by atoms with Gasteiger partial charge in [0.2, 0.25) is 0 Å². The number of anilines is 1. The van der Waals surface area contributed by atoms with E-state index < -0.39 is 11.9 Å². The summed E-state index contributed by atoms with van der Waals surface area (Å²) in [7, 11) is 0. The van der Waals surface area contributed by atoms with E-state index in [-0.39, 0.29) is 29.5 Å². The number of carbonyl (C=O) groups is 2. The first kappa shape index (κ1) is 13.0. The molecule has 0 spiro atoms. The van der Waals surface area contributed by atoms with Gasteiger partial charge in [-0.3, -0.25) is 4.79 Å². The van der Waals surface area contributed by atoms with Crippen LogP contribution in [0.5, 0.6) is 0 Å². The number of pyridine rings is 1. The maximum Gasteiger partial charge on any atom is 0.312 e. The number of carbonyl (C=O) groups excluding carboxylic acids is 2. The standard InChI is InChI=1S/C9H12ClN5O2/c10-6-4-15-7(11)3-5(6)8(16)13-1-2-14-9(12)17/h3-4H,1-2H2,(H2,11,15)(H,13,16)(H3,12,14,17). The second-order valence-electron chi connectivity index (χ2n) is 3.14. The normalized spacial score (nSPS) is 9.71. The number of primary amides is 1. The SMILES string of the molecule is NC(=O)NCCNC(=O)c1cc(N)ncc1Cl. The minimum absolute atomic E-state index is 0.204. The Kier molecular flexibility index (Phi) is 4.53. The highest BCUT2D eigenvalue weighted by molar-refractivity contribution is 6.33. The second-order valence-corrected chi connectivity index (χ2v) is 3.54. The molecule has 0 atom stereocenters. The number of nitrogens with one attached hydrogen (secondary N) is 2. The minimum Gasteiger partial charge on any atom is -0.384 e. The number of nitrogen functional groups attached to an aromatic ring is 1. The van der Waals surface area contributed by atoms with Gasteiger partial charge in [0.1, 0.15) is 5.82 Å². The van der Waals surface area contributed by atoms with Crippen molar-refractivity contribution in [3.63, 3.8) is 0 Å². The first-order chi connectivity index (χ1) is 8.00. The van der Waals surface area contributed by atoms with Crippen molar-refractivity contribution in [3.8, 4) is 0 Å². The highest BCUT2D eigenvalue weighted by atomic mass is 35.5. The molecule has 92 valence electrons. The summed E-state index contributed by atoms with van der Waals surface area (Å²) < 4.78 is 0. The minimum atomic E-state index is -0.648. The Morgan fingerprint density at radius 2 is 2.00 bits per heavy atom. The van der Waals surface area contributed by atoms with Gasteiger partial charge < -0.3 is 22.1 Å². The van der Waals surface area contributed by atoms with E-state index in [1.807, 2.05) is 0 Å². The molecule has 1 heterocycles. The number of rotatable bonds is 4. The van der Waals surface area contributed by atoms with Crippen LogP contribution >= 0.6 is 11.6 Å². The third-order valence-corrected chi connectivity index (χ3v) is 2.13. The molecule has 0 aromatic carbocycles. The third-order valence-electron chi connectivity index (χ3n) is 1.83. The van der Waals surface area contributed by atoms with Gasteiger partial charge in [0.25, 0.3) is 5.91 Å². The lowest BCUT2D eigenvalue weighted by Gasteiger charge is -2.07. The van der Waals surface area contributed by atoms with Crippen LogP contribution in [0.3, 0.4) is 0 Å². The van der Waals surface area contributed by atoms with E-state index in [0.29, 0.717) is 0 Å². The van der Waals surface area contributed by atoms with E-state index in [1.165, 1.54) is 12.3 Å². The van der Waals surface area contributed by atoms with E-state index in [1.54, 1.807) is 0 Å². The van der Waals surface area contributed by atoms with E-state index in [4.69, 9.17) is 23.1 Å². The summed E-state index contributed by atoms with van der Waals surface area (Å²) in [6, 6.07) is 0.726. The second kappa shape index (κ2) is 5.90. The predicted molar refractivity (Wildman–Crippen MR) is 63.6 cm³/mol. The van der Waals surface area contributed by atoms with E-state index >= 15 is 0 Å². The third kappa shape index (κ3) is 4.15. The number of hydrogen-bond acceptors (Lipinski definition) is 4. The fourth-order valence-corrected chi connectivity index (χ4v) is 1.27. The number of aromatic nitrogens is 1. The number of nitrogens with two attached hydrogens (primary N) is 2. The van der Waals surface area contributed by atoms with Gasteiger partial charge in [-0.1, -0.05) is 11.6 Å². The van der Waals surface area contributed by atoms with Gasteiger partial charge in [0.15, 0.2) is 0 Å². The molecule has 17 heavy (non-hydrogen) atoms. The molecule has 8 heteroatoms. The van der Waals surface area contributed by atoms with Crippen molar-refractivity contribution in [3.05, 3.63) is 22.8 Å². The van der Waals surface area contributed by atoms with Crippen LogP contribution in [0.25, 0.3) is 0 Å². The molecule has 0 aliphatic heterocycles. The Bertz CT molecular complexity index is 437. The zero-order chi connectivity index (χ0) is 12.8. The van der Waals surface area contributed by atoms with Gasteiger partial charge in [0.05, 0.1) is 10.6 Å². The summed E-state index contributed by atoms with van der Waals surface area (Å²) in [5.41, 5.74) is 10.5. The lowest BCUT2D eigenvalue weighted by molar-refractivity contribution is 0.0954. The summed E-state index contributed by atoms with van der Waals surface area (Å²) in [4.78, 5) is 25.7. The molecule has 1 aromatic rings. The van der Waals surface area contributed by atoms with Crippen molar-refractivity contribution in [1.29, 1.82) is 0 Å². The van der Waals surface area contributed by atoms with Crippen LogP contribution in [-0.4, -0.2) is 30.0 Å². The van der Waals surface area contributed by atoms with Gasteiger partial charge in [-0.2, -0.15) is 0 Å². The molecule has 0 unspecified atom stereocenters. The fraction of sp³-hybridized carbons (Fsp3) is 0.222. The predicted octanol–water partition coefficient (Wildman–Crippen LogP) is -0.285. The van der Waals surface area contributed by atoms with Gasteiger partial charge in [0, 0.05) is 19.3 Å². The molecular formula is C9H12ClN5O2. The van der Waals surface area contributed by atoms with Crippen LogP contribution < -0.4 is 22.1 Å². The summed E-state index contributed by atoms with van der Waals surface area (Å²) in [5.74, 6) is -0.190. The van der Waals surface area contributed by atoms with Gasteiger partial charge in [-0.05, 0) is 6.07 Å². The molecule has 6 N–H and O–H groups in total. The van der Waals surface area contributed by atoms with Crippen LogP contribution in [0.15, 0.2) is 12.3 Å². The van der Waals surface area contributed by atoms with E-state index in [2.05, 4.69) is 15.6 Å². The van der Waals surface area contributed by atoms with Crippen molar-refractivity contribution in [2.24, 2.45) is 5.73 Å². The Hall–Kier alpha value is -2.02. The Labute approximate surface area is 103 Å². The molecule has 0 saturated heterocycles. The maximum atomic E-state index is 11.6. The monoisotopic (exact) mass is 257 g/mol. The summed E-state index contributed by atoms with van der Waals surface area (Å²) in [5, 5.41) is 5.09. The Balaban J connectivity index is 2.52. The van der Waals surface area contributed by atoms with Crippen molar-refractivity contribution in [2.45, 2.75) is 0 Å². The van der Waals surface area contributed by atoms with Crippen LogP contribution in [0.1, 0.15) is 10.4 Å². The topological polar surface area (TPSA) is 123 Å². The van der Waals surface area contributed by atoms with Crippen LogP contribution in [0.4, 0.5) is 10.6 Å². The number of nitrogens with zero attached hydrogens (tertiary/aromatic N) is 1. The smallest absolute Gasteiger partial charge is 0.312 e. The molecule has 1 rings (SSSR count). The Morgan fingerprint density at radius 3 is 2.65 bits per heavy atom. The van der Waals surface area contributed by atoms with Gasteiger partial charge in [-0.15, -0.1) is 0 Å².